The molecule has 9 nitrogen and oxygen atoms in total. The number of thioether (sulfide) groups is 1. The first-order valence-corrected chi connectivity index (χ1v) is 11.3. The Morgan fingerprint density at radius 1 is 1.00 bits per heavy atom. The third-order valence-corrected chi connectivity index (χ3v) is 5.73. The maximum absolute atomic E-state index is 12.7. The van der Waals surface area contributed by atoms with Gasteiger partial charge in [-0.15, -0.1) is 5.10 Å². The predicted molar refractivity (Wildman–Crippen MR) is 131 cm³/mol. The van der Waals surface area contributed by atoms with Crippen LogP contribution in [0.3, 0.4) is 0 Å². The Morgan fingerprint density at radius 2 is 1.76 bits per heavy atom. The van der Waals surface area contributed by atoms with Crippen LogP contribution in [0.2, 0.25) is 0 Å². The number of carbonyl (C=O) groups is 2. The number of nitrogens with one attached hydrogen (secondary N) is 2. The normalized spacial score (nSPS) is 10.5. The highest BCUT2D eigenvalue weighted by Gasteiger charge is 2.17. The van der Waals surface area contributed by atoms with E-state index in [1.54, 1.807) is 43.5 Å². The van der Waals surface area contributed by atoms with Crippen molar-refractivity contribution in [2.24, 2.45) is 0 Å². The summed E-state index contributed by atoms with van der Waals surface area (Å²) in [5.74, 6) is 0.0480. The van der Waals surface area contributed by atoms with Gasteiger partial charge >= 0.3 is 0 Å². The molecule has 3 aromatic carbocycles. The summed E-state index contributed by atoms with van der Waals surface area (Å²) in [5.41, 5.74) is 3.15. The van der Waals surface area contributed by atoms with Gasteiger partial charge in [0.15, 0.2) is 0 Å². The lowest BCUT2D eigenvalue weighted by Crippen LogP contribution is -2.19. The molecule has 0 unspecified atom stereocenters. The molecule has 0 aliphatic carbocycles. The van der Waals surface area contributed by atoms with Crippen molar-refractivity contribution >= 4 is 35.0 Å². The van der Waals surface area contributed by atoms with E-state index >= 15 is 0 Å². The van der Waals surface area contributed by atoms with Crippen LogP contribution in [0.5, 0.6) is 5.75 Å². The Bertz CT molecular complexity index is 1310. The fourth-order valence-electron chi connectivity index (χ4n) is 3.21. The second-order valence-electron chi connectivity index (χ2n) is 7.25. The summed E-state index contributed by atoms with van der Waals surface area (Å²) >= 11 is 1.18. The van der Waals surface area contributed by atoms with E-state index in [0.717, 1.165) is 5.56 Å². The first-order valence-electron chi connectivity index (χ1n) is 10.4. The van der Waals surface area contributed by atoms with Gasteiger partial charge in [0.2, 0.25) is 11.1 Å². The predicted octanol–water partition coefficient (Wildman–Crippen LogP) is 3.96. The van der Waals surface area contributed by atoms with E-state index in [1.165, 1.54) is 16.4 Å². The number of carbonyl (C=O) groups excluding carboxylic acids is 2. The van der Waals surface area contributed by atoms with Gasteiger partial charge in [0.1, 0.15) is 11.4 Å². The Morgan fingerprint density at radius 3 is 2.56 bits per heavy atom. The molecule has 0 aliphatic heterocycles. The molecule has 0 radical (unpaired) electrons. The average Bonchev–Trinajstić information content (AvgIpc) is 3.32. The van der Waals surface area contributed by atoms with Crippen molar-refractivity contribution in [3.63, 3.8) is 0 Å². The lowest BCUT2D eigenvalue weighted by Gasteiger charge is -2.12. The van der Waals surface area contributed by atoms with Crippen molar-refractivity contribution in [2.75, 3.05) is 23.5 Å². The number of aromatic nitrogens is 4. The van der Waals surface area contributed by atoms with E-state index < -0.39 is 0 Å². The molecule has 0 aliphatic rings. The van der Waals surface area contributed by atoms with E-state index in [9.17, 15) is 9.59 Å². The molecule has 2 amide bonds. The van der Waals surface area contributed by atoms with Crippen LogP contribution in [0.15, 0.2) is 78.0 Å². The molecule has 0 saturated heterocycles. The fraction of sp³-hybridized carbons (Fsp3) is 0.125. The third-order valence-electron chi connectivity index (χ3n) is 4.81. The summed E-state index contributed by atoms with van der Waals surface area (Å²) in [6.07, 6.45) is 0. The SMILES string of the molecule is COc1ccc(C)cc1-n1nnnc1SCC(=O)Nc1ccccc1C(=O)Nc1ccccc1. The fourth-order valence-corrected chi connectivity index (χ4v) is 3.90. The number of hydrogen-bond acceptors (Lipinski definition) is 7. The van der Waals surface area contributed by atoms with Gasteiger partial charge in [0, 0.05) is 5.69 Å². The van der Waals surface area contributed by atoms with Crippen molar-refractivity contribution in [1.82, 2.24) is 20.2 Å². The van der Waals surface area contributed by atoms with E-state index in [1.807, 2.05) is 43.3 Å². The molecule has 1 aromatic heterocycles. The highest BCUT2D eigenvalue weighted by molar-refractivity contribution is 7.99. The number of amides is 2. The van der Waals surface area contributed by atoms with Gasteiger partial charge < -0.3 is 15.4 Å². The third kappa shape index (κ3) is 5.41. The van der Waals surface area contributed by atoms with Gasteiger partial charge in [-0.05, 0) is 59.3 Å². The molecule has 1 heterocycles. The lowest BCUT2D eigenvalue weighted by molar-refractivity contribution is -0.113. The van der Waals surface area contributed by atoms with E-state index in [0.29, 0.717) is 33.5 Å². The largest absolute Gasteiger partial charge is 0.494 e. The quantitative estimate of drug-likeness (QED) is 0.372. The van der Waals surface area contributed by atoms with Crippen molar-refractivity contribution in [2.45, 2.75) is 12.1 Å². The zero-order valence-electron chi connectivity index (χ0n) is 18.6. The van der Waals surface area contributed by atoms with Crippen molar-refractivity contribution in [1.29, 1.82) is 0 Å². The second kappa shape index (κ2) is 10.6. The molecule has 0 saturated carbocycles. The summed E-state index contributed by atoms with van der Waals surface area (Å²) in [4.78, 5) is 25.4. The minimum absolute atomic E-state index is 0.0448. The molecule has 34 heavy (non-hydrogen) atoms. The lowest BCUT2D eigenvalue weighted by atomic mass is 10.1. The highest BCUT2D eigenvalue weighted by Crippen LogP contribution is 2.27. The standard InChI is InChI=1S/C24H22N6O3S/c1-16-12-13-21(33-2)20(14-16)30-24(27-28-29-30)34-15-22(31)26-19-11-7-6-10-18(19)23(32)25-17-8-4-3-5-9-17/h3-14H,15H2,1-2H3,(H,25,32)(H,26,31). The van der Waals surface area contributed by atoms with E-state index in [2.05, 4.69) is 26.2 Å². The molecule has 0 fully saturated rings. The van der Waals surface area contributed by atoms with Crippen LogP contribution in [0.25, 0.3) is 5.69 Å². The summed E-state index contributed by atoms with van der Waals surface area (Å²) < 4.78 is 6.95. The van der Waals surface area contributed by atoms with Gasteiger partial charge in [-0.25, -0.2) is 0 Å². The van der Waals surface area contributed by atoms with Crippen LogP contribution in [-0.4, -0.2) is 44.9 Å². The van der Waals surface area contributed by atoms with Crippen LogP contribution in [0.1, 0.15) is 15.9 Å². The molecule has 0 spiro atoms. The van der Waals surface area contributed by atoms with Crippen LogP contribution < -0.4 is 15.4 Å². The molecule has 172 valence electrons. The monoisotopic (exact) mass is 474 g/mol. The number of rotatable bonds is 8. The van der Waals surface area contributed by atoms with Crippen molar-refractivity contribution in [3.05, 3.63) is 83.9 Å². The van der Waals surface area contributed by atoms with Crippen molar-refractivity contribution in [3.8, 4) is 11.4 Å². The van der Waals surface area contributed by atoms with Crippen LogP contribution in [-0.2, 0) is 4.79 Å². The van der Waals surface area contributed by atoms with Crippen LogP contribution in [0, 0.1) is 6.92 Å². The molecule has 0 bridgehead atoms. The van der Waals surface area contributed by atoms with Crippen LogP contribution in [0.4, 0.5) is 11.4 Å². The minimum atomic E-state index is -0.315. The smallest absolute Gasteiger partial charge is 0.257 e. The molecular formula is C24H22N6O3S. The molecular weight excluding hydrogens is 452 g/mol. The Labute approximate surface area is 200 Å². The van der Waals surface area contributed by atoms with Gasteiger partial charge in [-0.1, -0.05) is 48.2 Å². The van der Waals surface area contributed by atoms with Crippen LogP contribution >= 0.6 is 11.8 Å². The first-order chi connectivity index (χ1) is 16.5. The topological polar surface area (TPSA) is 111 Å². The number of ether oxygens (including phenoxy) is 1. The average molecular weight is 475 g/mol. The van der Waals surface area contributed by atoms with Gasteiger partial charge in [0.05, 0.1) is 24.1 Å². The number of tetrazole rings is 1. The Hall–Kier alpha value is -4.18. The molecule has 10 heteroatoms. The summed E-state index contributed by atoms with van der Waals surface area (Å²) in [5, 5.41) is 17.9. The molecule has 4 rings (SSSR count). The van der Waals surface area contributed by atoms with Gasteiger partial charge in [-0.3, -0.25) is 9.59 Å². The number of para-hydroxylation sites is 2. The number of anilines is 2. The summed E-state index contributed by atoms with van der Waals surface area (Å²) in [6, 6.07) is 21.6. The van der Waals surface area contributed by atoms with E-state index in [-0.39, 0.29) is 17.6 Å². The first kappa shape index (κ1) is 23.0. The van der Waals surface area contributed by atoms with Gasteiger partial charge in [-0.2, -0.15) is 4.68 Å². The zero-order chi connectivity index (χ0) is 23.9. The Balaban J connectivity index is 1.44. The number of hydrogen-bond donors (Lipinski definition) is 2. The number of nitrogens with zero attached hydrogens (tertiary/aromatic N) is 4. The van der Waals surface area contributed by atoms with E-state index in [4.69, 9.17) is 4.74 Å². The summed E-state index contributed by atoms with van der Waals surface area (Å²) in [6.45, 7) is 1.96. The molecule has 0 atom stereocenters. The number of methoxy groups -OCH3 is 1. The number of benzene rings is 3. The zero-order valence-corrected chi connectivity index (χ0v) is 19.4. The Kier molecular flexibility index (Phi) is 7.19. The van der Waals surface area contributed by atoms with Gasteiger partial charge in [0.25, 0.3) is 5.91 Å². The maximum atomic E-state index is 12.7. The summed E-state index contributed by atoms with van der Waals surface area (Å²) in [7, 11) is 1.57. The van der Waals surface area contributed by atoms with Crippen molar-refractivity contribution < 1.29 is 14.3 Å². The minimum Gasteiger partial charge on any atom is -0.494 e. The second-order valence-corrected chi connectivity index (χ2v) is 8.19. The molecule has 2 N–H and O–H groups in total. The molecule has 4 aromatic rings. The number of aryl methyl sites for hydroxylation is 1. The highest BCUT2D eigenvalue weighted by atomic mass is 32.2. The maximum Gasteiger partial charge on any atom is 0.257 e.